The molecule has 1 N–H and O–H groups in total. The van der Waals surface area contributed by atoms with Crippen molar-refractivity contribution in [2.45, 2.75) is 44.9 Å². The molecule has 1 saturated heterocycles. The van der Waals surface area contributed by atoms with Crippen LogP contribution in [0.4, 0.5) is 0 Å². The van der Waals surface area contributed by atoms with Crippen molar-refractivity contribution in [1.82, 2.24) is 14.5 Å². The average Bonchev–Trinajstić information content (AvgIpc) is 3.31. The van der Waals surface area contributed by atoms with E-state index in [-0.39, 0.29) is 0 Å². The molecule has 0 aliphatic carbocycles. The Hall–Kier alpha value is -2.37. The van der Waals surface area contributed by atoms with Gasteiger partial charge in [0.2, 0.25) is 0 Å². The lowest BCUT2D eigenvalue weighted by Gasteiger charge is -2.31. The SMILES string of the molecule is COc1cc2c(cc1C)c1c(n2CC(O)c2ccncc2)CCN2CCCC12. The van der Waals surface area contributed by atoms with Gasteiger partial charge in [0, 0.05) is 48.5 Å². The van der Waals surface area contributed by atoms with Crippen LogP contribution in [-0.2, 0) is 13.0 Å². The molecule has 5 nitrogen and oxygen atoms in total. The summed E-state index contributed by atoms with van der Waals surface area (Å²) in [7, 11) is 1.73. The summed E-state index contributed by atoms with van der Waals surface area (Å²) < 4.78 is 7.96. The standard InChI is InChI=1S/C23H27N3O2/c1-15-12-17-20(13-22(15)28-2)26(14-21(27)16-5-8-24-9-6-16)19-7-11-25-10-3-4-18(25)23(17)19/h5-6,8-9,12-13,18,21,27H,3-4,7,10-11,14H2,1-2H3. The van der Waals surface area contributed by atoms with Gasteiger partial charge in [0.15, 0.2) is 0 Å². The van der Waals surface area contributed by atoms with Gasteiger partial charge in [0.1, 0.15) is 5.75 Å². The number of nitrogens with zero attached hydrogens (tertiary/aromatic N) is 3. The van der Waals surface area contributed by atoms with Crippen LogP contribution < -0.4 is 4.74 Å². The summed E-state index contributed by atoms with van der Waals surface area (Å²) in [6.07, 6.45) is 6.45. The molecule has 0 amide bonds. The molecule has 4 heterocycles. The van der Waals surface area contributed by atoms with Crippen molar-refractivity contribution < 1.29 is 9.84 Å². The van der Waals surface area contributed by atoms with Crippen LogP contribution in [0.5, 0.6) is 5.75 Å². The van der Waals surface area contributed by atoms with E-state index in [2.05, 4.69) is 33.5 Å². The maximum absolute atomic E-state index is 10.9. The molecule has 28 heavy (non-hydrogen) atoms. The summed E-state index contributed by atoms with van der Waals surface area (Å²) in [4.78, 5) is 6.70. The van der Waals surface area contributed by atoms with Crippen molar-refractivity contribution in [3.05, 3.63) is 59.0 Å². The number of hydrogen-bond acceptors (Lipinski definition) is 4. The van der Waals surface area contributed by atoms with Gasteiger partial charge in [0.05, 0.1) is 25.3 Å². The number of rotatable bonds is 4. The van der Waals surface area contributed by atoms with E-state index in [0.29, 0.717) is 12.6 Å². The Morgan fingerprint density at radius 3 is 2.86 bits per heavy atom. The molecule has 0 saturated carbocycles. The van der Waals surface area contributed by atoms with Crippen LogP contribution in [0.2, 0.25) is 0 Å². The van der Waals surface area contributed by atoms with Gasteiger partial charge in [-0.3, -0.25) is 9.88 Å². The molecule has 3 aromatic rings. The third kappa shape index (κ3) is 2.73. The first kappa shape index (κ1) is 17.7. The van der Waals surface area contributed by atoms with E-state index in [1.165, 1.54) is 47.1 Å². The Balaban J connectivity index is 1.67. The molecule has 2 aliphatic heterocycles. The number of methoxy groups -OCH3 is 1. The number of ether oxygens (including phenoxy) is 1. The van der Waals surface area contributed by atoms with Crippen LogP contribution in [0.3, 0.4) is 0 Å². The summed E-state index contributed by atoms with van der Waals surface area (Å²) in [5.74, 6) is 0.908. The van der Waals surface area contributed by atoms with Crippen molar-refractivity contribution in [1.29, 1.82) is 0 Å². The van der Waals surface area contributed by atoms with Crippen LogP contribution in [0, 0.1) is 6.92 Å². The highest BCUT2D eigenvalue weighted by Crippen LogP contribution is 2.44. The third-order valence-electron chi connectivity index (χ3n) is 6.51. The quantitative estimate of drug-likeness (QED) is 0.752. The van der Waals surface area contributed by atoms with Gasteiger partial charge in [0.25, 0.3) is 0 Å². The van der Waals surface area contributed by atoms with Gasteiger partial charge in [-0.25, -0.2) is 0 Å². The van der Waals surface area contributed by atoms with Crippen molar-refractivity contribution in [3.63, 3.8) is 0 Å². The molecule has 0 radical (unpaired) electrons. The van der Waals surface area contributed by atoms with Gasteiger partial charge in [-0.2, -0.15) is 0 Å². The molecule has 0 spiro atoms. The predicted octanol–water partition coefficient (Wildman–Crippen LogP) is 3.78. The molecule has 146 valence electrons. The zero-order chi connectivity index (χ0) is 19.3. The van der Waals surface area contributed by atoms with Crippen molar-refractivity contribution >= 4 is 10.9 Å². The predicted molar refractivity (Wildman–Crippen MR) is 110 cm³/mol. The van der Waals surface area contributed by atoms with Crippen molar-refractivity contribution in [2.75, 3.05) is 20.2 Å². The molecule has 2 aliphatic rings. The number of fused-ring (bicyclic) bond motifs is 5. The van der Waals surface area contributed by atoms with Crippen molar-refractivity contribution in [3.8, 4) is 5.75 Å². The average molecular weight is 377 g/mol. The van der Waals surface area contributed by atoms with Gasteiger partial charge < -0.3 is 14.4 Å². The Morgan fingerprint density at radius 1 is 1.25 bits per heavy atom. The largest absolute Gasteiger partial charge is 0.496 e. The van der Waals surface area contributed by atoms with Crippen LogP contribution in [0.1, 0.15) is 47.4 Å². The van der Waals surface area contributed by atoms with Crippen LogP contribution in [-0.4, -0.2) is 39.8 Å². The minimum Gasteiger partial charge on any atom is -0.496 e. The number of aromatic nitrogens is 2. The normalized spacial score (nSPS) is 20.2. The minimum atomic E-state index is -0.559. The van der Waals surface area contributed by atoms with Gasteiger partial charge in [-0.15, -0.1) is 0 Å². The third-order valence-corrected chi connectivity index (χ3v) is 6.51. The van der Waals surface area contributed by atoms with Crippen LogP contribution >= 0.6 is 0 Å². The number of hydrogen-bond donors (Lipinski definition) is 1. The Bertz CT molecular complexity index is 1010. The molecule has 1 aromatic carbocycles. The molecule has 5 rings (SSSR count). The summed E-state index contributed by atoms with van der Waals surface area (Å²) in [6, 6.07) is 8.74. The second-order valence-electron chi connectivity index (χ2n) is 8.05. The number of aliphatic hydroxyl groups is 1. The van der Waals surface area contributed by atoms with Gasteiger partial charge >= 0.3 is 0 Å². The maximum atomic E-state index is 10.9. The fourth-order valence-electron chi connectivity index (χ4n) is 5.17. The maximum Gasteiger partial charge on any atom is 0.123 e. The highest BCUT2D eigenvalue weighted by atomic mass is 16.5. The zero-order valence-corrected chi connectivity index (χ0v) is 16.6. The van der Waals surface area contributed by atoms with Crippen LogP contribution in [0.15, 0.2) is 36.7 Å². The topological polar surface area (TPSA) is 50.5 Å². The Morgan fingerprint density at radius 2 is 2.07 bits per heavy atom. The molecular weight excluding hydrogens is 350 g/mol. The second kappa shape index (κ2) is 6.90. The molecule has 0 bridgehead atoms. The number of aryl methyl sites for hydroxylation is 1. The summed E-state index contributed by atoms with van der Waals surface area (Å²) >= 11 is 0. The van der Waals surface area contributed by atoms with E-state index in [1.807, 2.05) is 12.1 Å². The van der Waals surface area contributed by atoms with Gasteiger partial charge in [-0.1, -0.05) is 0 Å². The van der Waals surface area contributed by atoms with E-state index in [1.54, 1.807) is 19.5 Å². The van der Waals surface area contributed by atoms with Crippen LogP contribution in [0.25, 0.3) is 10.9 Å². The highest BCUT2D eigenvalue weighted by molar-refractivity contribution is 5.88. The van der Waals surface area contributed by atoms with Crippen molar-refractivity contribution in [2.24, 2.45) is 0 Å². The first-order valence-corrected chi connectivity index (χ1v) is 10.2. The van der Waals surface area contributed by atoms with E-state index in [9.17, 15) is 5.11 Å². The second-order valence-corrected chi connectivity index (χ2v) is 8.05. The fraction of sp³-hybridized carbons (Fsp3) is 0.435. The fourth-order valence-corrected chi connectivity index (χ4v) is 5.17. The van der Waals surface area contributed by atoms with E-state index in [0.717, 1.165) is 24.3 Å². The number of aliphatic hydroxyl groups excluding tert-OH is 1. The first-order valence-electron chi connectivity index (χ1n) is 10.2. The molecule has 5 heteroatoms. The molecule has 1 fully saturated rings. The molecule has 2 unspecified atom stereocenters. The molecule has 2 aromatic heterocycles. The summed E-state index contributed by atoms with van der Waals surface area (Å²) in [5, 5.41) is 12.3. The minimum absolute atomic E-state index is 0.512. The lowest BCUT2D eigenvalue weighted by Crippen LogP contribution is -2.31. The lowest BCUT2D eigenvalue weighted by molar-refractivity contribution is 0.155. The summed E-state index contributed by atoms with van der Waals surface area (Å²) in [6.45, 7) is 4.97. The smallest absolute Gasteiger partial charge is 0.123 e. The highest BCUT2D eigenvalue weighted by Gasteiger charge is 2.35. The van der Waals surface area contributed by atoms with Gasteiger partial charge in [-0.05, 0) is 61.2 Å². The first-order chi connectivity index (χ1) is 13.7. The van der Waals surface area contributed by atoms with E-state index in [4.69, 9.17) is 4.74 Å². The monoisotopic (exact) mass is 377 g/mol. The number of benzene rings is 1. The molecular formula is C23H27N3O2. The Kier molecular flexibility index (Phi) is 4.37. The molecule has 2 atom stereocenters. The number of pyridine rings is 1. The lowest BCUT2D eigenvalue weighted by atomic mass is 9.95. The summed E-state index contributed by atoms with van der Waals surface area (Å²) in [5.41, 5.74) is 6.11. The van der Waals surface area contributed by atoms with E-state index >= 15 is 0 Å². The van der Waals surface area contributed by atoms with E-state index < -0.39 is 6.10 Å². The Labute approximate surface area is 165 Å². The zero-order valence-electron chi connectivity index (χ0n) is 16.6.